The van der Waals surface area contributed by atoms with Gasteiger partial charge in [-0.1, -0.05) is 0 Å². The van der Waals surface area contributed by atoms with Crippen molar-refractivity contribution in [1.29, 1.82) is 0 Å². The third-order valence-corrected chi connectivity index (χ3v) is 5.77. The summed E-state index contributed by atoms with van der Waals surface area (Å²) in [5, 5.41) is 13.7. The zero-order chi connectivity index (χ0) is 13.8. The Morgan fingerprint density at radius 2 is 2.42 bits per heavy atom. The molecule has 1 fully saturated rings. The number of amides is 1. The van der Waals surface area contributed by atoms with Crippen molar-refractivity contribution in [3.63, 3.8) is 0 Å². The zero-order valence-corrected chi connectivity index (χ0v) is 13.1. The Morgan fingerprint density at radius 1 is 1.63 bits per heavy atom. The molecule has 104 valence electrons. The summed E-state index contributed by atoms with van der Waals surface area (Å²) in [5.74, 6) is 0. The SMILES string of the molecule is CC[AsH]c1cc(C2CNCCN2C(=O)O)ccc1N. The van der Waals surface area contributed by atoms with Gasteiger partial charge in [0.2, 0.25) is 0 Å². The fourth-order valence-electron chi connectivity index (χ4n) is 2.36. The normalized spacial score (nSPS) is 20.1. The zero-order valence-electron chi connectivity index (χ0n) is 11.0. The Morgan fingerprint density at radius 3 is 3.11 bits per heavy atom. The molecule has 0 bridgehead atoms. The van der Waals surface area contributed by atoms with Crippen LogP contribution in [-0.2, 0) is 0 Å². The monoisotopic (exact) mass is 325 g/mol. The number of hydrogen-bond acceptors (Lipinski definition) is 3. The number of nitrogens with two attached hydrogens (primary N) is 1. The predicted molar refractivity (Wildman–Crippen MR) is 78.5 cm³/mol. The van der Waals surface area contributed by atoms with Crippen LogP contribution in [0, 0.1) is 0 Å². The van der Waals surface area contributed by atoms with E-state index >= 15 is 0 Å². The second kappa shape index (κ2) is 6.31. The number of piperazine rings is 1. The van der Waals surface area contributed by atoms with Gasteiger partial charge in [-0.25, -0.2) is 0 Å². The number of nitrogens with one attached hydrogen (secondary N) is 1. The second-order valence-corrected chi connectivity index (χ2v) is 7.93. The number of rotatable bonds is 3. The van der Waals surface area contributed by atoms with Gasteiger partial charge < -0.3 is 0 Å². The van der Waals surface area contributed by atoms with Crippen molar-refractivity contribution in [2.75, 3.05) is 25.4 Å². The molecule has 1 aromatic rings. The molecule has 0 aliphatic carbocycles. The number of hydrogen-bond donors (Lipinski definition) is 3. The first kappa shape index (κ1) is 14.2. The molecule has 0 saturated carbocycles. The molecular weight excluding hydrogens is 305 g/mol. The summed E-state index contributed by atoms with van der Waals surface area (Å²) in [7, 11) is 0. The maximum atomic E-state index is 11.3. The summed E-state index contributed by atoms with van der Waals surface area (Å²) in [5.41, 5.74) is 7.88. The van der Waals surface area contributed by atoms with E-state index in [4.69, 9.17) is 5.73 Å². The Labute approximate surface area is 119 Å². The minimum absolute atomic E-state index is 0.103. The molecule has 1 aromatic carbocycles. The number of carbonyl (C=O) groups is 1. The van der Waals surface area contributed by atoms with Crippen molar-refractivity contribution in [1.82, 2.24) is 10.2 Å². The van der Waals surface area contributed by atoms with Crippen molar-refractivity contribution in [3.05, 3.63) is 23.8 Å². The van der Waals surface area contributed by atoms with Crippen LogP contribution in [0.4, 0.5) is 10.5 Å². The molecule has 6 heteroatoms. The summed E-state index contributed by atoms with van der Waals surface area (Å²) in [6.07, 6.45) is -0.851. The summed E-state index contributed by atoms with van der Waals surface area (Å²) >= 11 is -0.209. The molecule has 4 N–H and O–H groups in total. The van der Waals surface area contributed by atoms with Crippen LogP contribution in [0.5, 0.6) is 0 Å². The molecule has 1 saturated heterocycles. The van der Waals surface area contributed by atoms with Gasteiger partial charge in [0.25, 0.3) is 0 Å². The Kier molecular flexibility index (Phi) is 4.72. The predicted octanol–water partition coefficient (Wildman–Crippen LogP) is 0.393. The standard InChI is InChI=1S/C13H20AsN3O2/c1-2-14-10-7-9(3-4-11(10)15)12-8-16-5-6-17(12)13(18)19/h3-4,7,12,14,16H,2,5-6,8,15H2,1H3,(H,18,19). The van der Waals surface area contributed by atoms with E-state index in [0.717, 1.165) is 16.5 Å². The van der Waals surface area contributed by atoms with Gasteiger partial charge in [-0.15, -0.1) is 0 Å². The molecule has 2 atom stereocenters. The molecule has 19 heavy (non-hydrogen) atoms. The van der Waals surface area contributed by atoms with Gasteiger partial charge >= 0.3 is 119 Å². The molecule has 1 heterocycles. The summed E-state index contributed by atoms with van der Waals surface area (Å²) in [6, 6.07) is 5.87. The average molecular weight is 325 g/mol. The van der Waals surface area contributed by atoms with E-state index in [0.29, 0.717) is 19.6 Å². The van der Waals surface area contributed by atoms with Crippen LogP contribution in [0.3, 0.4) is 0 Å². The summed E-state index contributed by atoms with van der Waals surface area (Å²) < 4.78 is 1.23. The number of anilines is 1. The first-order valence-electron chi connectivity index (χ1n) is 6.47. The van der Waals surface area contributed by atoms with Crippen LogP contribution < -0.4 is 15.4 Å². The molecule has 0 radical (unpaired) electrons. The van der Waals surface area contributed by atoms with Gasteiger partial charge in [0, 0.05) is 0 Å². The van der Waals surface area contributed by atoms with Crippen LogP contribution in [0.15, 0.2) is 18.2 Å². The van der Waals surface area contributed by atoms with Crippen molar-refractivity contribution >= 4 is 31.9 Å². The van der Waals surface area contributed by atoms with Crippen molar-refractivity contribution in [2.45, 2.75) is 18.2 Å². The van der Waals surface area contributed by atoms with E-state index in [2.05, 4.69) is 18.3 Å². The molecule has 2 rings (SSSR count). The summed E-state index contributed by atoms with van der Waals surface area (Å²) in [6.45, 7) is 4.08. The van der Waals surface area contributed by atoms with E-state index in [1.807, 2.05) is 12.1 Å². The molecule has 1 aliphatic rings. The van der Waals surface area contributed by atoms with Gasteiger partial charge in [0.15, 0.2) is 0 Å². The number of carboxylic acid groups (broad SMARTS) is 1. The molecular formula is C13H20AsN3O2. The van der Waals surface area contributed by atoms with Crippen LogP contribution in [0.2, 0.25) is 5.21 Å². The summed E-state index contributed by atoms with van der Waals surface area (Å²) in [4.78, 5) is 12.8. The quantitative estimate of drug-likeness (QED) is 0.555. The fourth-order valence-corrected chi connectivity index (χ4v) is 4.32. The number of nitrogens with zero attached hydrogens (tertiary/aromatic N) is 1. The van der Waals surface area contributed by atoms with Gasteiger partial charge in [0.1, 0.15) is 0 Å². The van der Waals surface area contributed by atoms with E-state index < -0.39 is 6.09 Å². The van der Waals surface area contributed by atoms with E-state index in [1.165, 1.54) is 9.25 Å². The van der Waals surface area contributed by atoms with Crippen LogP contribution in [-0.4, -0.2) is 51.5 Å². The molecule has 1 aliphatic heterocycles. The molecule has 1 amide bonds. The average Bonchev–Trinajstić information content (AvgIpc) is 2.41. The number of nitrogen functional groups attached to an aromatic ring is 1. The first-order chi connectivity index (χ1) is 9.13. The number of benzene rings is 1. The third kappa shape index (κ3) is 3.22. The van der Waals surface area contributed by atoms with Crippen molar-refractivity contribution < 1.29 is 9.90 Å². The van der Waals surface area contributed by atoms with Crippen LogP contribution in [0.25, 0.3) is 0 Å². The van der Waals surface area contributed by atoms with Crippen LogP contribution in [0.1, 0.15) is 18.5 Å². The van der Waals surface area contributed by atoms with Gasteiger partial charge in [-0.2, -0.15) is 0 Å². The second-order valence-electron chi connectivity index (χ2n) is 4.57. The van der Waals surface area contributed by atoms with E-state index in [9.17, 15) is 9.90 Å². The molecule has 2 unspecified atom stereocenters. The van der Waals surface area contributed by atoms with E-state index in [1.54, 1.807) is 0 Å². The topological polar surface area (TPSA) is 78.6 Å². The minimum atomic E-state index is -0.851. The van der Waals surface area contributed by atoms with Crippen molar-refractivity contribution in [2.24, 2.45) is 0 Å². The van der Waals surface area contributed by atoms with Crippen molar-refractivity contribution in [3.8, 4) is 0 Å². The molecule has 0 aromatic heterocycles. The molecule has 0 spiro atoms. The van der Waals surface area contributed by atoms with Crippen LogP contribution >= 0.6 is 0 Å². The first-order valence-corrected chi connectivity index (χ1v) is 9.00. The van der Waals surface area contributed by atoms with Gasteiger partial charge in [-0.05, 0) is 0 Å². The maximum absolute atomic E-state index is 11.3. The fraction of sp³-hybridized carbons (Fsp3) is 0.462. The Bertz CT molecular complexity index is 467. The van der Waals surface area contributed by atoms with E-state index in [-0.39, 0.29) is 21.8 Å². The van der Waals surface area contributed by atoms with Gasteiger partial charge in [-0.3, -0.25) is 0 Å². The van der Waals surface area contributed by atoms with Gasteiger partial charge in [0.05, 0.1) is 0 Å². The third-order valence-electron chi connectivity index (χ3n) is 3.32. The Hall–Kier alpha value is -1.19. The molecule has 5 nitrogen and oxygen atoms in total. The Balaban J connectivity index is 2.28.